The minimum Gasteiger partial charge on any atom is -0.393 e. The normalized spacial score (nSPS) is 14.2. The molecule has 1 unspecified atom stereocenters. The highest BCUT2D eigenvalue weighted by atomic mass is 16.3. The Morgan fingerprint density at radius 3 is 2.65 bits per heavy atom. The molecule has 4 nitrogen and oxygen atoms in total. The van der Waals surface area contributed by atoms with Crippen LogP contribution in [0.4, 0.5) is 0 Å². The van der Waals surface area contributed by atoms with Gasteiger partial charge in [-0.15, -0.1) is 0 Å². The fraction of sp³-hybridized carbons (Fsp3) is 0.462. The lowest BCUT2D eigenvalue weighted by molar-refractivity contribution is 0.00319. The second-order valence-electron chi connectivity index (χ2n) is 4.59. The molecular weight excluding hydrogens is 218 g/mol. The molecule has 0 aromatic heterocycles. The largest absolute Gasteiger partial charge is 0.393 e. The van der Waals surface area contributed by atoms with Crippen molar-refractivity contribution in [1.29, 1.82) is 0 Å². The lowest BCUT2D eigenvalue weighted by Crippen LogP contribution is -2.43. The van der Waals surface area contributed by atoms with E-state index in [9.17, 15) is 9.90 Å². The molecular formula is C13H19NO3. The fourth-order valence-corrected chi connectivity index (χ4v) is 1.42. The summed E-state index contributed by atoms with van der Waals surface area (Å²) in [6.45, 7) is 4.93. The molecule has 1 atom stereocenters. The summed E-state index contributed by atoms with van der Waals surface area (Å²) in [7, 11) is 0. The van der Waals surface area contributed by atoms with Crippen LogP contribution in [0.1, 0.15) is 28.4 Å². The molecule has 0 bridgehead atoms. The van der Waals surface area contributed by atoms with Crippen LogP contribution < -0.4 is 5.32 Å². The van der Waals surface area contributed by atoms with E-state index in [0.717, 1.165) is 11.1 Å². The van der Waals surface area contributed by atoms with Gasteiger partial charge in [-0.25, -0.2) is 0 Å². The SMILES string of the molecule is Cc1cccc(C(=O)NCC(C)(O)CO)c1C. The van der Waals surface area contributed by atoms with Crippen molar-refractivity contribution in [1.82, 2.24) is 5.32 Å². The van der Waals surface area contributed by atoms with Crippen LogP contribution in [-0.2, 0) is 0 Å². The molecule has 0 saturated heterocycles. The summed E-state index contributed by atoms with van der Waals surface area (Å²) in [6.07, 6.45) is 0. The molecule has 1 rings (SSSR count). The smallest absolute Gasteiger partial charge is 0.251 e. The average molecular weight is 237 g/mol. The van der Waals surface area contributed by atoms with Gasteiger partial charge >= 0.3 is 0 Å². The average Bonchev–Trinajstić information content (AvgIpc) is 2.30. The molecule has 17 heavy (non-hydrogen) atoms. The first-order valence-corrected chi connectivity index (χ1v) is 5.55. The van der Waals surface area contributed by atoms with Gasteiger partial charge in [0.05, 0.1) is 6.61 Å². The van der Waals surface area contributed by atoms with Crippen LogP contribution in [0.2, 0.25) is 0 Å². The molecule has 0 radical (unpaired) electrons. The first-order chi connectivity index (χ1) is 7.87. The van der Waals surface area contributed by atoms with Gasteiger partial charge in [0.15, 0.2) is 0 Å². The lowest BCUT2D eigenvalue weighted by Gasteiger charge is -2.21. The van der Waals surface area contributed by atoms with Crippen LogP contribution >= 0.6 is 0 Å². The van der Waals surface area contributed by atoms with E-state index in [4.69, 9.17) is 5.11 Å². The third-order valence-corrected chi connectivity index (χ3v) is 2.82. The Kier molecular flexibility index (Phi) is 4.26. The van der Waals surface area contributed by atoms with E-state index in [0.29, 0.717) is 5.56 Å². The van der Waals surface area contributed by atoms with E-state index in [1.54, 1.807) is 6.07 Å². The number of aryl methyl sites for hydroxylation is 1. The number of hydrogen-bond donors (Lipinski definition) is 3. The molecule has 0 heterocycles. The van der Waals surface area contributed by atoms with Gasteiger partial charge in [-0.3, -0.25) is 4.79 Å². The summed E-state index contributed by atoms with van der Waals surface area (Å²) >= 11 is 0. The highest BCUT2D eigenvalue weighted by Crippen LogP contribution is 2.12. The van der Waals surface area contributed by atoms with Crippen LogP contribution in [-0.4, -0.2) is 34.9 Å². The highest BCUT2D eigenvalue weighted by Gasteiger charge is 2.20. The molecule has 94 valence electrons. The number of aliphatic hydroxyl groups excluding tert-OH is 1. The highest BCUT2D eigenvalue weighted by molar-refractivity contribution is 5.95. The van der Waals surface area contributed by atoms with Gasteiger partial charge in [0.1, 0.15) is 5.60 Å². The quantitative estimate of drug-likeness (QED) is 0.724. The first-order valence-electron chi connectivity index (χ1n) is 5.55. The van der Waals surface area contributed by atoms with E-state index in [-0.39, 0.29) is 19.1 Å². The second-order valence-corrected chi connectivity index (χ2v) is 4.59. The summed E-state index contributed by atoms with van der Waals surface area (Å²) in [5.74, 6) is -0.236. The summed E-state index contributed by atoms with van der Waals surface area (Å²) in [5, 5.41) is 21.1. The summed E-state index contributed by atoms with van der Waals surface area (Å²) in [4.78, 5) is 11.9. The van der Waals surface area contributed by atoms with E-state index in [1.165, 1.54) is 6.92 Å². The molecule has 0 aliphatic carbocycles. The number of hydrogen-bond acceptors (Lipinski definition) is 3. The predicted octanol–water partition coefficient (Wildman–Crippen LogP) is 0.777. The van der Waals surface area contributed by atoms with Crippen LogP contribution in [0.3, 0.4) is 0 Å². The molecule has 1 aromatic carbocycles. The van der Waals surface area contributed by atoms with Crippen molar-refractivity contribution in [2.75, 3.05) is 13.2 Å². The topological polar surface area (TPSA) is 69.6 Å². The number of nitrogens with one attached hydrogen (secondary N) is 1. The van der Waals surface area contributed by atoms with Crippen LogP contribution in [0.5, 0.6) is 0 Å². The molecule has 0 saturated carbocycles. The zero-order valence-corrected chi connectivity index (χ0v) is 10.4. The summed E-state index contributed by atoms with van der Waals surface area (Å²) < 4.78 is 0. The first kappa shape index (κ1) is 13.7. The van der Waals surface area contributed by atoms with Gasteiger partial charge in [0.2, 0.25) is 0 Å². The van der Waals surface area contributed by atoms with Gasteiger partial charge in [-0.2, -0.15) is 0 Å². The van der Waals surface area contributed by atoms with Gasteiger partial charge in [-0.05, 0) is 38.0 Å². The van der Waals surface area contributed by atoms with Crippen LogP contribution in [0.25, 0.3) is 0 Å². The molecule has 0 aliphatic rings. The van der Waals surface area contributed by atoms with Crippen molar-refractivity contribution in [3.05, 3.63) is 34.9 Å². The third-order valence-electron chi connectivity index (χ3n) is 2.82. The number of benzene rings is 1. The Labute approximate surface area is 101 Å². The Bertz CT molecular complexity index is 413. The zero-order chi connectivity index (χ0) is 13.1. The zero-order valence-electron chi connectivity index (χ0n) is 10.4. The summed E-state index contributed by atoms with van der Waals surface area (Å²) in [5.41, 5.74) is 1.28. The van der Waals surface area contributed by atoms with Crippen LogP contribution in [0.15, 0.2) is 18.2 Å². The van der Waals surface area contributed by atoms with Gasteiger partial charge in [0.25, 0.3) is 5.91 Å². The Morgan fingerprint density at radius 1 is 1.41 bits per heavy atom. The van der Waals surface area contributed by atoms with Crippen molar-refractivity contribution in [2.24, 2.45) is 0 Å². The maximum atomic E-state index is 11.9. The van der Waals surface area contributed by atoms with Gasteiger partial charge in [-0.1, -0.05) is 12.1 Å². The number of amides is 1. The van der Waals surface area contributed by atoms with Gasteiger partial charge in [0, 0.05) is 12.1 Å². The van der Waals surface area contributed by atoms with Crippen molar-refractivity contribution in [2.45, 2.75) is 26.4 Å². The minimum atomic E-state index is -1.28. The standard InChI is InChI=1S/C13H19NO3/c1-9-5-4-6-11(10(9)2)12(16)14-7-13(3,17)8-15/h4-6,15,17H,7-8H2,1-3H3,(H,14,16). The maximum absolute atomic E-state index is 11.9. The lowest BCUT2D eigenvalue weighted by atomic mass is 10.0. The monoisotopic (exact) mass is 237 g/mol. The van der Waals surface area contributed by atoms with Crippen molar-refractivity contribution in [3.63, 3.8) is 0 Å². The van der Waals surface area contributed by atoms with Crippen LogP contribution in [0, 0.1) is 13.8 Å². The van der Waals surface area contributed by atoms with E-state index >= 15 is 0 Å². The predicted molar refractivity (Wildman–Crippen MR) is 66.0 cm³/mol. The van der Waals surface area contributed by atoms with Crippen molar-refractivity contribution >= 4 is 5.91 Å². The van der Waals surface area contributed by atoms with Crippen molar-refractivity contribution < 1.29 is 15.0 Å². The maximum Gasteiger partial charge on any atom is 0.251 e. The van der Waals surface area contributed by atoms with Gasteiger partial charge < -0.3 is 15.5 Å². The van der Waals surface area contributed by atoms with Crippen molar-refractivity contribution in [3.8, 4) is 0 Å². The minimum absolute atomic E-state index is 0.0235. The van der Waals surface area contributed by atoms with E-state index in [1.807, 2.05) is 26.0 Å². The fourth-order valence-electron chi connectivity index (χ4n) is 1.42. The molecule has 0 fully saturated rings. The number of aliphatic hydroxyl groups is 2. The Morgan fingerprint density at radius 2 is 2.06 bits per heavy atom. The molecule has 0 spiro atoms. The number of carbonyl (C=O) groups is 1. The number of carbonyl (C=O) groups excluding carboxylic acids is 1. The van der Waals surface area contributed by atoms with E-state index in [2.05, 4.69) is 5.32 Å². The molecule has 4 heteroatoms. The molecule has 1 amide bonds. The summed E-state index contributed by atoms with van der Waals surface area (Å²) in [6, 6.07) is 5.50. The Hall–Kier alpha value is -1.39. The van der Waals surface area contributed by atoms with E-state index < -0.39 is 5.60 Å². The molecule has 3 N–H and O–H groups in total. The second kappa shape index (κ2) is 5.29. The number of rotatable bonds is 4. The molecule has 1 aromatic rings. The third kappa shape index (κ3) is 3.54. The molecule has 0 aliphatic heterocycles. The Balaban J connectivity index is 2.74.